The van der Waals surface area contributed by atoms with E-state index in [1.807, 2.05) is 0 Å². The first kappa shape index (κ1) is 45.6. The van der Waals surface area contributed by atoms with Gasteiger partial charge in [-0.15, -0.1) is 0 Å². The van der Waals surface area contributed by atoms with E-state index in [0.29, 0.717) is 0 Å². The van der Waals surface area contributed by atoms with Gasteiger partial charge in [0, 0.05) is 0 Å². The molecule has 0 atom stereocenters. The molecule has 0 aliphatic rings. The van der Waals surface area contributed by atoms with Crippen molar-refractivity contribution in [2.45, 2.75) is 233 Å². The first-order valence-electron chi connectivity index (χ1n) is 20.8. The molecule has 0 aromatic carbocycles. The molecule has 0 radical (unpaired) electrons. The average Bonchev–Trinajstić information content (AvgIpc) is 3.05. The summed E-state index contributed by atoms with van der Waals surface area (Å²) in [7, 11) is 0. The van der Waals surface area contributed by atoms with Crippen LogP contribution in [0, 0.1) is 0 Å². The van der Waals surface area contributed by atoms with E-state index in [0.717, 1.165) is 52.1 Å². The SMILES string of the molecule is CCCCCCCCCC[O][Sn]([O]CCCCCCCCCC)([O]CCCCCCCCCC)[O]CCCCCCCCCC. The van der Waals surface area contributed by atoms with Crippen LogP contribution in [-0.4, -0.2) is 46.5 Å². The Morgan fingerprint density at radius 3 is 0.556 bits per heavy atom. The fourth-order valence-electron chi connectivity index (χ4n) is 5.98. The van der Waals surface area contributed by atoms with Gasteiger partial charge in [0.05, 0.1) is 0 Å². The molecule has 0 heterocycles. The Morgan fingerprint density at radius 2 is 0.378 bits per heavy atom. The van der Waals surface area contributed by atoms with Crippen LogP contribution in [0.2, 0.25) is 0 Å². The van der Waals surface area contributed by atoms with Crippen LogP contribution in [0.1, 0.15) is 233 Å². The Bertz CT molecular complexity index is 439. The van der Waals surface area contributed by atoms with E-state index in [4.69, 9.17) is 12.3 Å². The normalized spacial score (nSPS) is 12.0. The first-order valence-corrected chi connectivity index (χ1v) is 25.5. The van der Waals surface area contributed by atoms with E-state index in [1.54, 1.807) is 0 Å². The molecule has 0 aliphatic heterocycles. The van der Waals surface area contributed by atoms with Crippen molar-refractivity contribution in [2.24, 2.45) is 0 Å². The number of hydrogen-bond acceptors (Lipinski definition) is 4. The summed E-state index contributed by atoms with van der Waals surface area (Å²) in [6.07, 6.45) is 41.8. The predicted molar refractivity (Wildman–Crippen MR) is 200 cm³/mol. The topological polar surface area (TPSA) is 36.9 Å². The second-order valence-electron chi connectivity index (χ2n) is 13.8. The second-order valence-corrected chi connectivity index (χ2v) is 19.9. The zero-order valence-corrected chi connectivity index (χ0v) is 34.4. The minimum atomic E-state index is -4.07. The van der Waals surface area contributed by atoms with E-state index in [9.17, 15) is 0 Å². The van der Waals surface area contributed by atoms with E-state index in [1.165, 1.54) is 180 Å². The molecule has 0 N–H and O–H groups in total. The molecule has 0 fully saturated rings. The maximum absolute atomic E-state index is 6.63. The fraction of sp³-hybridized carbons (Fsp3) is 1.00. The Balaban J connectivity index is 4.84. The van der Waals surface area contributed by atoms with Gasteiger partial charge in [-0.1, -0.05) is 0 Å². The summed E-state index contributed by atoms with van der Waals surface area (Å²) in [5.41, 5.74) is 0. The van der Waals surface area contributed by atoms with Gasteiger partial charge in [-0.25, -0.2) is 0 Å². The van der Waals surface area contributed by atoms with Crippen LogP contribution in [-0.2, 0) is 12.3 Å². The molecular weight excluding hydrogens is 663 g/mol. The van der Waals surface area contributed by atoms with Crippen molar-refractivity contribution in [3.05, 3.63) is 0 Å². The molecule has 4 nitrogen and oxygen atoms in total. The predicted octanol–water partition coefficient (Wildman–Crippen LogP) is 14.1. The van der Waals surface area contributed by atoms with Gasteiger partial charge in [0.1, 0.15) is 0 Å². The van der Waals surface area contributed by atoms with Gasteiger partial charge in [0.2, 0.25) is 0 Å². The van der Waals surface area contributed by atoms with Crippen LogP contribution in [0.5, 0.6) is 0 Å². The Morgan fingerprint density at radius 1 is 0.222 bits per heavy atom. The molecule has 0 aromatic rings. The summed E-state index contributed by atoms with van der Waals surface area (Å²) in [5, 5.41) is 0. The van der Waals surface area contributed by atoms with E-state index >= 15 is 0 Å². The van der Waals surface area contributed by atoms with E-state index in [-0.39, 0.29) is 0 Å². The monoisotopic (exact) mass is 749 g/mol. The summed E-state index contributed by atoms with van der Waals surface area (Å²) < 4.78 is 26.5. The second kappa shape index (κ2) is 39.1. The minimum absolute atomic E-state index is 0.733. The summed E-state index contributed by atoms with van der Waals surface area (Å²) in [5.74, 6) is 0. The van der Waals surface area contributed by atoms with Crippen molar-refractivity contribution in [3.63, 3.8) is 0 Å². The summed E-state index contributed by atoms with van der Waals surface area (Å²) in [6, 6.07) is 0. The Labute approximate surface area is 290 Å². The third-order valence-corrected chi connectivity index (χ3v) is 15.5. The molecule has 5 heteroatoms. The quantitative estimate of drug-likeness (QED) is 0.0462. The molecule has 0 saturated carbocycles. The van der Waals surface area contributed by atoms with Crippen molar-refractivity contribution in [2.75, 3.05) is 26.4 Å². The molecule has 0 rings (SSSR count). The molecular formula is C40H84O4Sn. The first-order chi connectivity index (χ1) is 22.2. The van der Waals surface area contributed by atoms with Crippen molar-refractivity contribution < 1.29 is 12.3 Å². The molecule has 45 heavy (non-hydrogen) atoms. The molecule has 272 valence electrons. The molecule has 0 saturated heterocycles. The van der Waals surface area contributed by atoms with Crippen LogP contribution in [0.25, 0.3) is 0 Å². The van der Waals surface area contributed by atoms with Gasteiger partial charge in [-0.05, 0) is 0 Å². The molecule has 0 spiro atoms. The van der Waals surface area contributed by atoms with Crippen molar-refractivity contribution >= 4 is 20.0 Å². The zero-order valence-electron chi connectivity index (χ0n) is 31.6. The summed E-state index contributed by atoms with van der Waals surface area (Å²) >= 11 is -4.07. The van der Waals surface area contributed by atoms with Gasteiger partial charge in [0.15, 0.2) is 0 Å². The zero-order chi connectivity index (χ0) is 32.8. The molecule has 0 aliphatic carbocycles. The standard InChI is InChI=1S/4C10H21O.Sn/c4*1-2-3-4-5-6-7-8-9-10-11;/h4*2-10H2,1H3;/q4*-1;+4. The summed E-state index contributed by atoms with van der Waals surface area (Å²) in [4.78, 5) is 0. The van der Waals surface area contributed by atoms with Crippen molar-refractivity contribution in [1.82, 2.24) is 0 Å². The fourth-order valence-corrected chi connectivity index (χ4v) is 11.9. The van der Waals surface area contributed by atoms with Gasteiger partial charge in [-0.3, -0.25) is 0 Å². The van der Waals surface area contributed by atoms with Gasteiger partial charge in [0.25, 0.3) is 0 Å². The van der Waals surface area contributed by atoms with Gasteiger partial charge >= 0.3 is 292 Å². The van der Waals surface area contributed by atoms with Crippen LogP contribution >= 0.6 is 0 Å². The molecule has 0 aromatic heterocycles. The summed E-state index contributed by atoms with van der Waals surface area (Å²) in [6.45, 7) is 12.1. The third kappa shape index (κ3) is 34.3. The number of rotatable bonds is 40. The van der Waals surface area contributed by atoms with Gasteiger partial charge < -0.3 is 0 Å². The third-order valence-electron chi connectivity index (χ3n) is 9.11. The number of hydrogen-bond donors (Lipinski definition) is 0. The van der Waals surface area contributed by atoms with Crippen molar-refractivity contribution in [1.29, 1.82) is 0 Å². The molecule has 0 bridgehead atoms. The van der Waals surface area contributed by atoms with E-state index < -0.39 is 20.0 Å². The molecule has 0 amide bonds. The average molecular weight is 748 g/mol. The van der Waals surface area contributed by atoms with Crippen LogP contribution in [0.3, 0.4) is 0 Å². The van der Waals surface area contributed by atoms with Crippen LogP contribution < -0.4 is 0 Å². The maximum atomic E-state index is 6.63. The van der Waals surface area contributed by atoms with Crippen molar-refractivity contribution in [3.8, 4) is 0 Å². The number of unbranched alkanes of at least 4 members (excludes halogenated alkanes) is 28. The molecule has 0 unspecified atom stereocenters. The Kier molecular flexibility index (Phi) is 39.6. The van der Waals surface area contributed by atoms with E-state index in [2.05, 4.69) is 27.7 Å². The Hall–Kier alpha value is 0.639. The van der Waals surface area contributed by atoms with Crippen LogP contribution in [0.15, 0.2) is 0 Å². The van der Waals surface area contributed by atoms with Crippen LogP contribution in [0.4, 0.5) is 0 Å². The van der Waals surface area contributed by atoms with Gasteiger partial charge in [-0.2, -0.15) is 0 Å².